The number of carbonyl (C=O) groups excluding carboxylic acids is 1. The molecule has 0 spiro atoms. The number of imidazole rings is 1. The molecule has 276 valence electrons. The van der Waals surface area contributed by atoms with Gasteiger partial charge in [-0.3, -0.25) is 9.69 Å². The molecule has 8 rings (SSSR count). The molecule has 0 radical (unpaired) electrons. The molecule has 1 aromatic heterocycles. The van der Waals surface area contributed by atoms with Crippen molar-refractivity contribution in [2.45, 2.75) is 126 Å². The van der Waals surface area contributed by atoms with E-state index >= 15 is 0 Å². The predicted octanol–water partition coefficient (Wildman–Crippen LogP) is 7.75. The van der Waals surface area contributed by atoms with Gasteiger partial charge >= 0.3 is 0 Å². The van der Waals surface area contributed by atoms with Gasteiger partial charge in [-0.05, 0) is 138 Å². The van der Waals surface area contributed by atoms with E-state index in [0.717, 1.165) is 86.8 Å². The van der Waals surface area contributed by atoms with E-state index in [0.29, 0.717) is 42.3 Å². The predicted molar refractivity (Wildman–Crippen MR) is 203 cm³/mol. The molecule has 3 aliphatic heterocycles. The van der Waals surface area contributed by atoms with Crippen LogP contribution in [0.2, 0.25) is 0 Å². The molecule has 2 atom stereocenters. The number of rotatable bonds is 9. The lowest BCUT2D eigenvalue weighted by Crippen LogP contribution is -2.49. The molecular weight excluding hydrogens is 674 g/mol. The maximum absolute atomic E-state index is 14.8. The highest BCUT2D eigenvalue weighted by atomic mass is 32.2. The van der Waals surface area contributed by atoms with Crippen LogP contribution in [-0.2, 0) is 15.4 Å². The van der Waals surface area contributed by atoms with Gasteiger partial charge in [0, 0.05) is 42.8 Å². The highest BCUT2D eigenvalue weighted by molar-refractivity contribution is 7.89. The van der Waals surface area contributed by atoms with E-state index in [9.17, 15) is 17.6 Å². The Balaban J connectivity index is 0.990. The molecule has 2 bridgehead atoms. The van der Waals surface area contributed by atoms with E-state index in [1.54, 1.807) is 25.1 Å². The lowest BCUT2D eigenvalue weighted by molar-refractivity contribution is 0.0605. The first-order valence-electron chi connectivity index (χ1n) is 19.4. The number of hydrogen-bond donors (Lipinski definition) is 1. The molecule has 1 saturated carbocycles. The van der Waals surface area contributed by atoms with E-state index in [1.807, 2.05) is 17.9 Å². The van der Waals surface area contributed by atoms with Crippen LogP contribution in [0.4, 0.5) is 4.39 Å². The second kappa shape index (κ2) is 14.0. The minimum atomic E-state index is -3.75. The van der Waals surface area contributed by atoms with Crippen LogP contribution in [0.5, 0.6) is 0 Å². The first kappa shape index (κ1) is 35.4. The number of amides is 1. The van der Waals surface area contributed by atoms with E-state index < -0.39 is 10.0 Å². The van der Waals surface area contributed by atoms with Crippen LogP contribution in [0.15, 0.2) is 65.6 Å². The summed E-state index contributed by atoms with van der Waals surface area (Å²) < 4.78 is 47.1. The van der Waals surface area contributed by atoms with E-state index in [2.05, 4.69) is 51.4 Å². The molecule has 4 fully saturated rings. The van der Waals surface area contributed by atoms with Gasteiger partial charge in [-0.15, -0.1) is 0 Å². The zero-order valence-electron chi connectivity index (χ0n) is 30.8. The number of aromatic nitrogens is 2. The van der Waals surface area contributed by atoms with Gasteiger partial charge in [0.1, 0.15) is 11.6 Å². The molecule has 4 aliphatic rings. The van der Waals surface area contributed by atoms with Crippen molar-refractivity contribution in [3.05, 3.63) is 94.6 Å². The smallest absolute Gasteiger partial charge is 0.254 e. The highest BCUT2D eigenvalue weighted by Crippen LogP contribution is 2.45. The number of carbonyl (C=O) groups is 1. The Hall–Kier alpha value is -3.60. The SMILES string of the molecule is Cc1ccc(S(=O)(=O)NC2CCCC2)c(C)c1C(=O)N1CCC(CCN2C3CCC2CC(n2c(C)nc4ccccc42)C3)(c2cccc(F)c2)CC1. The molecule has 8 nitrogen and oxygen atoms in total. The van der Waals surface area contributed by atoms with Gasteiger partial charge in [0.2, 0.25) is 10.0 Å². The number of aryl methyl sites for hydroxylation is 2. The van der Waals surface area contributed by atoms with Gasteiger partial charge in [0.15, 0.2) is 0 Å². The summed E-state index contributed by atoms with van der Waals surface area (Å²) in [6.07, 6.45) is 10.7. The third-order valence-corrected chi connectivity index (χ3v) is 14.8. The fourth-order valence-corrected chi connectivity index (χ4v) is 11.9. The van der Waals surface area contributed by atoms with Gasteiger partial charge in [0.25, 0.3) is 5.91 Å². The number of para-hydroxylation sites is 2. The van der Waals surface area contributed by atoms with Crippen LogP contribution in [-0.4, -0.2) is 71.4 Å². The molecule has 1 aliphatic carbocycles. The molecular formula is C42H52FN5O3S. The standard InChI is InChI=1S/C42H52FN5O3S/c1-28-15-18-39(52(50,51)45-33-11-4-5-12-33)29(2)40(28)41(49)46-22-19-42(20-23-46,31-9-8-10-32(43)25-31)21-24-47-34-16-17-35(47)27-36(26-34)48-30(3)44-37-13-6-7-14-38(37)48/h6-10,13-15,18,25,33-36,45H,4-5,11-12,16-17,19-24,26-27H2,1-3H3. The number of fused-ring (bicyclic) bond motifs is 3. The summed E-state index contributed by atoms with van der Waals surface area (Å²) in [5.74, 6) is 0.739. The lowest BCUT2D eigenvalue weighted by atomic mass is 9.70. The molecule has 10 heteroatoms. The van der Waals surface area contributed by atoms with Crippen molar-refractivity contribution in [1.82, 2.24) is 24.1 Å². The zero-order valence-corrected chi connectivity index (χ0v) is 31.6. The summed E-state index contributed by atoms with van der Waals surface area (Å²) in [5.41, 5.74) is 4.82. The summed E-state index contributed by atoms with van der Waals surface area (Å²) in [4.78, 5) is 23.9. The van der Waals surface area contributed by atoms with Crippen molar-refractivity contribution in [2.24, 2.45) is 0 Å². The number of nitrogens with one attached hydrogen (secondary N) is 1. The first-order valence-corrected chi connectivity index (χ1v) is 20.9. The maximum atomic E-state index is 14.8. The fourth-order valence-electron chi connectivity index (χ4n) is 10.4. The third kappa shape index (κ3) is 6.49. The molecule has 4 aromatic rings. The fraction of sp³-hybridized carbons (Fsp3) is 0.524. The largest absolute Gasteiger partial charge is 0.339 e. The maximum Gasteiger partial charge on any atom is 0.254 e. The van der Waals surface area contributed by atoms with Crippen LogP contribution in [0, 0.1) is 26.6 Å². The number of piperidine rings is 2. The Labute approximate surface area is 307 Å². The molecule has 4 heterocycles. The van der Waals surface area contributed by atoms with E-state index in [4.69, 9.17) is 4.98 Å². The van der Waals surface area contributed by atoms with Gasteiger partial charge in [-0.2, -0.15) is 0 Å². The first-order chi connectivity index (χ1) is 25.0. The Bertz CT molecular complexity index is 2070. The summed E-state index contributed by atoms with van der Waals surface area (Å²) in [6.45, 7) is 7.79. The molecule has 1 amide bonds. The van der Waals surface area contributed by atoms with Gasteiger partial charge in [0.05, 0.1) is 15.9 Å². The minimum Gasteiger partial charge on any atom is -0.339 e. The molecule has 2 unspecified atom stereocenters. The van der Waals surface area contributed by atoms with Crippen molar-refractivity contribution < 1.29 is 17.6 Å². The lowest BCUT2D eigenvalue weighted by Gasteiger charge is -2.46. The molecule has 3 aromatic carbocycles. The average Bonchev–Trinajstić information content (AvgIpc) is 3.81. The van der Waals surface area contributed by atoms with Crippen molar-refractivity contribution in [2.75, 3.05) is 19.6 Å². The number of benzene rings is 3. The Morgan fingerprint density at radius 1 is 0.904 bits per heavy atom. The van der Waals surface area contributed by atoms with Crippen molar-refractivity contribution in [3.8, 4) is 0 Å². The minimum absolute atomic E-state index is 0.0503. The molecule has 3 saturated heterocycles. The van der Waals surface area contributed by atoms with Crippen molar-refractivity contribution >= 4 is 27.0 Å². The van der Waals surface area contributed by atoms with Crippen LogP contribution < -0.4 is 4.72 Å². The number of nitrogens with zero attached hydrogens (tertiary/aromatic N) is 4. The van der Waals surface area contributed by atoms with Crippen molar-refractivity contribution in [3.63, 3.8) is 0 Å². The topological polar surface area (TPSA) is 87.5 Å². The Morgan fingerprint density at radius 2 is 1.62 bits per heavy atom. The van der Waals surface area contributed by atoms with E-state index in [-0.39, 0.29) is 28.1 Å². The van der Waals surface area contributed by atoms with Gasteiger partial charge < -0.3 is 9.47 Å². The summed E-state index contributed by atoms with van der Waals surface area (Å²) in [7, 11) is -3.75. The van der Waals surface area contributed by atoms with Crippen LogP contribution in [0.25, 0.3) is 11.0 Å². The van der Waals surface area contributed by atoms with Crippen LogP contribution in [0.3, 0.4) is 0 Å². The summed E-state index contributed by atoms with van der Waals surface area (Å²) in [6, 6.07) is 20.4. The van der Waals surface area contributed by atoms with Gasteiger partial charge in [-0.1, -0.05) is 43.2 Å². The number of halogens is 1. The van der Waals surface area contributed by atoms with Crippen LogP contribution >= 0.6 is 0 Å². The quantitative estimate of drug-likeness (QED) is 0.191. The van der Waals surface area contributed by atoms with Crippen LogP contribution in [0.1, 0.15) is 110 Å². The van der Waals surface area contributed by atoms with E-state index in [1.165, 1.54) is 24.4 Å². The highest BCUT2D eigenvalue weighted by Gasteiger charge is 2.44. The van der Waals surface area contributed by atoms with Crippen molar-refractivity contribution in [1.29, 1.82) is 0 Å². The second-order valence-corrected chi connectivity index (χ2v) is 17.8. The number of sulfonamides is 1. The summed E-state index contributed by atoms with van der Waals surface area (Å²) >= 11 is 0. The summed E-state index contributed by atoms with van der Waals surface area (Å²) in [5, 5.41) is 0. The second-order valence-electron chi connectivity index (χ2n) is 16.1. The average molecular weight is 726 g/mol. The Morgan fingerprint density at radius 3 is 2.33 bits per heavy atom. The van der Waals surface area contributed by atoms with Gasteiger partial charge in [-0.25, -0.2) is 22.5 Å². The molecule has 1 N–H and O–H groups in total. The molecule has 52 heavy (non-hydrogen) atoms. The zero-order chi connectivity index (χ0) is 36.2. The monoisotopic (exact) mass is 725 g/mol. The number of hydrogen-bond acceptors (Lipinski definition) is 5. The Kier molecular flexibility index (Phi) is 9.53. The third-order valence-electron chi connectivity index (χ3n) is 13.1. The normalized spacial score (nSPS) is 23.8. The number of likely N-dealkylation sites (tertiary alicyclic amines) is 1.